The monoisotopic (exact) mass is 410 g/mol. The molecule has 0 aliphatic carbocycles. The standard InChI is InChI=1S/C24H30N2O4/c1-5-6-7-8-13-26-23(28)20(14-25)17(4)22(24(26)29)21(27)15-30-19-11-9-18(10-12-19)16(2)3/h9-12,16,29H,5-8,13,15H2,1-4H3. The molecule has 0 saturated carbocycles. The second-order valence-corrected chi connectivity index (χ2v) is 7.76. The van der Waals surface area contributed by atoms with Crippen LogP contribution in [-0.2, 0) is 6.54 Å². The van der Waals surface area contributed by atoms with Crippen LogP contribution in [0, 0.1) is 18.3 Å². The number of ketones is 1. The maximum atomic E-state index is 12.8. The zero-order chi connectivity index (χ0) is 22.3. The van der Waals surface area contributed by atoms with Gasteiger partial charge in [0.1, 0.15) is 17.4 Å². The summed E-state index contributed by atoms with van der Waals surface area (Å²) in [5, 5.41) is 20.1. The molecule has 0 saturated heterocycles. The van der Waals surface area contributed by atoms with E-state index in [-0.39, 0.29) is 29.8 Å². The molecule has 1 aromatic carbocycles. The summed E-state index contributed by atoms with van der Waals surface area (Å²) in [4.78, 5) is 25.4. The van der Waals surface area contributed by atoms with Gasteiger partial charge in [-0.2, -0.15) is 5.26 Å². The van der Waals surface area contributed by atoms with Crippen LogP contribution in [0.5, 0.6) is 11.6 Å². The second kappa shape index (κ2) is 10.6. The Balaban J connectivity index is 2.26. The average Bonchev–Trinajstić information content (AvgIpc) is 2.72. The van der Waals surface area contributed by atoms with E-state index in [1.807, 2.05) is 18.2 Å². The predicted octanol–water partition coefficient (Wildman–Crippen LogP) is 4.70. The van der Waals surface area contributed by atoms with E-state index in [4.69, 9.17) is 4.74 Å². The summed E-state index contributed by atoms with van der Waals surface area (Å²) >= 11 is 0. The molecule has 0 atom stereocenters. The molecule has 160 valence electrons. The van der Waals surface area contributed by atoms with Crippen molar-refractivity contribution in [1.29, 1.82) is 5.26 Å². The molecule has 0 spiro atoms. The van der Waals surface area contributed by atoms with Crippen LogP contribution in [0.4, 0.5) is 0 Å². The van der Waals surface area contributed by atoms with Gasteiger partial charge in [0.25, 0.3) is 5.56 Å². The SMILES string of the molecule is CCCCCCn1c(O)c(C(=O)COc2ccc(C(C)C)cc2)c(C)c(C#N)c1=O. The summed E-state index contributed by atoms with van der Waals surface area (Å²) in [6.07, 6.45) is 3.64. The van der Waals surface area contributed by atoms with Gasteiger partial charge in [-0.3, -0.25) is 14.2 Å². The fourth-order valence-electron chi connectivity index (χ4n) is 3.36. The van der Waals surface area contributed by atoms with E-state index < -0.39 is 17.2 Å². The summed E-state index contributed by atoms with van der Waals surface area (Å²) < 4.78 is 6.72. The molecule has 0 aliphatic rings. The molecule has 6 heteroatoms. The molecule has 1 heterocycles. The van der Waals surface area contributed by atoms with Crippen LogP contribution in [0.3, 0.4) is 0 Å². The normalized spacial score (nSPS) is 10.8. The van der Waals surface area contributed by atoms with E-state index in [9.17, 15) is 20.0 Å². The minimum atomic E-state index is -0.564. The van der Waals surface area contributed by atoms with E-state index in [1.165, 1.54) is 6.92 Å². The van der Waals surface area contributed by atoms with Gasteiger partial charge in [0.2, 0.25) is 11.7 Å². The van der Waals surface area contributed by atoms with Crippen LogP contribution in [-0.4, -0.2) is 22.1 Å². The van der Waals surface area contributed by atoms with Crippen molar-refractivity contribution in [3.8, 4) is 17.7 Å². The number of ether oxygens (including phenoxy) is 1. The van der Waals surface area contributed by atoms with Crippen molar-refractivity contribution >= 4 is 5.78 Å². The molecular formula is C24H30N2O4. The Morgan fingerprint density at radius 2 is 1.87 bits per heavy atom. The Hall–Kier alpha value is -3.07. The third-order valence-electron chi connectivity index (χ3n) is 5.23. The highest BCUT2D eigenvalue weighted by molar-refractivity contribution is 6.01. The highest BCUT2D eigenvalue weighted by atomic mass is 16.5. The largest absolute Gasteiger partial charge is 0.494 e. The lowest BCUT2D eigenvalue weighted by Crippen LogP contribution is -2.27. The molecule has 0 fully saturated rings. The molecule has 6 nitrogen and oxygen atoms in total. The predicted molar refractivity (Wildman–Crippen MR) is 116 cm³/mol. The number of aromatic hydroxyl groups is 1. The molecule has 1 aromatic heterocycles. The highest BCUT2D eigenvalue weighted by Gasteiger charge is 2.24. The number of carbonyl (C=O) groups excluding carboxylic acids is 1. The number of benzene rings is 1. The van der Waals surface area contributed by atoms with Crippen molar-refractivity contribution in [1.82, 2.24) is 4.57 Å². The smallest absolute Gasteiger partial charge is 0.271 e. The van der Waals surface area contributed by atoms with Crippen molar-refractivity contribution in [2.75, 3.05) is 6.61 Å². The van der Waals surface area contributed by atoms with Crippen LogP contribution in [0.15, 0.2) is 29.1 Å². The summed E-state index contributed by atoms with van der Waals surface area (Å²) in [5.41, 5.74) is 0.642. The Morgan fingerprint density at radius 1 is 1.20 bits per heavy atom. The van der Waals surface area contributed by atoms with Gasteiger partial charge in [-0.15, -0.1) is 0 Å². The van der Waals surface area contributed by atoms with Crippen LogP contribution in [0.2, 0.25) is 0 Å². The van der Waals surface area contributed by atoms with Crippen molar-refractivity contribution in [3.05, 3.63) is 56.9 Å². The van der Waals surface area contributed by atoms with E-state index in [0.29, 0.717) is 18.1 Å². The molecule has 0 unspecified atom stereocenters. The lowest BCUT2D eigenvalue weighted by Gasteiger charge is -2.16. The van der Waals surface area contributed by atoms with Gasteiger partial charge < -0.3 is 9.84 Å². The maximum Gasteiger partial charge on any atom is 0.271 e. The van der Waals surface area contributed by atoms with Gasteiger partial charge in [0.05, 0.1) is 5.56 Å². The first kappa shape index (κ1) is 23.2. The van der Waals surface area contributed by atoms with Crippen molar-refractivity contribution < 1.29 is 14.6 Å². The van der Waals surface area contributed by atoms with Crippen molar-refractivity contribution in [2.24, 2.45) is 0 Å². The molecule has 30 heavy (non-hydrogen) atoms. The van der Waals surface area contributed by atoms with Crippen LogP contribution in [0.25, 0.3) is 0 Å². The Labute approximate surface area is 177 Å². The maximum absolute atomic E-state index is 12.8. The number of carbonyl (C=O) groups is 1. The number of hydrogen-bond acceptors (Lipinski definition) is 5. The summed E-state index contributed by atoms with van der Waals surface area (Å²) in [6.45, 7) is 7.73. The quantitative estimate of drug-likeness (QED) is 0.453. The number of pyridine rings is 1. The number of Topliss-reactive ketones (excluding diaryl/α,β-unsaturated/α-hetero) is 1. The zero-order valence-corrected chi connectivity index (χ0v) is 18.2. The van der Waals surface area contributed by atoms with Gasteiger partial charge in [-0.1, -0.05) is 52.2 Å². The van der Waals surface area contributed by atoms with E-state index in [0.717, 1.165) is 29.4 Å². The summed E-state index contributed by atoms with van der Waals surface area (Å²) in [6, 6.07) is 9.36. The molecule has 0 radical (unpaired) electrons. The van der Waals surface area contributed by atoms with Gasteiger partial charge in [0, 0.05) is 6.54 Å². The number of rotatable bonds is 10. The topological polar surface area (TPSA) is 92.3 Å². The first-order valence-corrected chi connectivity index (χ1v) is 10.4. The minimum absolute atomic E-state index is 0.0274. The molecule has 0 amide bonds. The fraction of sp³-hybridized carbons (Fsp3) is 0.458. The zero-order valence-electron chi connectivity index (χ0n) is 18.2. The Bertz CT molecular complexity index is 982. The minimum Gasteiger partial charge on any atom is -0.494 e. The van der Waals surface area contributed by atoms with Gasteiger partial charge in [-0.05, 0) is 42.5 Å². The Kier molecular flexibility index (Phi) is 8.23. The first-order chi connectivity index (χ1) is 14.3. The third-order valence-corrected chi connectivity index (χ3v) is 5.23. The van der Waals surface area contributed by atoms with Crippen LogP contribution < -0.4 is 10.3 Å². The lowest BCUT2D eigenvalue weighted by molar-refractivity contribution is 0.0916. The van der Waals surface area contributed by atoms with Gasteiger partial charge >= 0.3 is 0 Å². The Morgan fingerprint density at radius 3 is 2.43 bits per heavy atom. The lowest BCUT2D eigenvalue weighted by atomic mass is 10.0. The van der Waals surface area contributed by atoms with E-state index >= 15 is 0 Å². The molecule has 0 aliphatic heterocycles. The highest BCUT2D eigenvalue weighted by Crippen LogP contribution is 2.24. The number of nitriles is 1. The van der Waals surface area contributed by atoms with Gasteiger partial charge in [-0.25, -0.2) is 0 Å². The van der Waals surface area contributed by atoms with Crippen LogP contribution >= 0.6 is 0 Å². The van der Waals surface area contributed by atoms with Crippen molar-refractivity contribution in [3.63, 3.8) is 0 Å². The van der Waals surface area contributed by atoms with E-state index in [2.05, 4.69) is 20.8 Å². The summed E-state index contributed by atoms with van der Waals surface area (Å²) in [5.74, 6) is 0.0647. The molecular weight excluding hydrogens is 380 g/mol. The third kappa shape index (κ3) is 5.29. The van der Waals surface area contributed by atoms with Gasteiger partial charge in [0.15, 0.2) is 6.61 Å². The number of aromatic nitrogens is 1. The number of unbranched alkanes of at least 4 members (excludes halogenated alkanes) is 3. The van der Waals surface area contributed by atoms with E-state index in [1.54, 1.807) is 12.1 Å². The number of hydrogen-bond donors (Lipinski definition) is 1. The number of nitrogens with zero attached hydrogens (tertiary/aromatic N) is 2. The molecule has 2 rings (SSSR count). The average molecular weight is 411 g/mol. The second-order valence-electron chi connectivity index (χ2n) is 7.76. The molecule has 0 bridgehead atoms. The molecule has 2 aromatic rings. The first-order valence-electron chi connectivity index (χ1n) is 10.4. The molecule has 1 N–H and O–H groups in total. The van der Waals surface area contributed by atoms with Crippen LogP contribution in [0.1, 0.15) is 79.4 Å². The van der Waals surface area contributed by atoms with Crippen molar-refractivity contribution in [2.45, 2.75) is 65.8 Å². The fourth-order valence-corrected chi connectivity index (χ4v) is 3.36. The summed E-state index contributed by atoms with van der Waals surface area (Å²) in [7, 11) is 0.